The van der Waals surface area contributed by atoms with Gasteiger partial charge in [-0.1, -0.05) is 54.2 Å². The summed E-state index contributed by atoms with van der Waals surface area (Å²) in [5, 5.41) is 2.90. The highest BCUT2D eigenvalue weighted by Gasteiger charge is 2.31. The number of sulfone groups is 1. The lowest BCUT2D eigenvalue weighted by Crippen LogP contribution is -2.19. The molecule has 3 aromatic carbocycles. The van der Waals surface area contributed by atoms with E-state index in [0.29, 0.717) is 4.90 Å². The monoisotopic (exact) mass is 380 g/mol. The van der Waals surface area contributed by atoms with Crippen molar-refractivity contribution in [3.63, 3.8) is 0 Å². The highest BCUT2D eigenvalue weighted by atomic mass is 32.2. The summed E-state index contributed by atoms with van der Waals surface area (Å²) >= 11 is 1.63. The number of rotatable bonds is 3. The first-order valence-corrected chi connectivity index (χ1v) is 11.1. The third-order valence-electron chi connectivity index (χ3n) is 4.83. The molecule has 0 saturated heterocycles. The molecule has 0 spiro atoms. The van der Waals surface area contributed by atoms with E-state index in [1.807, 2.05) is 54.6 Å². The zero-order chi connectivity index (χ0) is 17.7. The number of hydrogen-bond donors (Lipinski definition) is 0. The van der Waals surface area contributed by atoms with Gasteiger partial charge >= 0.3 is 0 Å². The van der Waals surface area contributed by atoms with E-state index in [2.05, 4.69) is 9.55 Å². The molecule has 0 amide bonds. The van der Waals surface area contributed by atoms with Gasteiger partial charge in [0.15, 0.2) is 15.0 Å². The van der Waals surface area contributed by atoms with Crippen LogP contribution in [0.1, 0.15) is 6.04 Å². The number of nitrogens with zero attached hydrogens (tertiary/aromatic N) is 2. The zero-order valence-electron chi connectivity index (χ0n) is 13.9. The van der Waals surface area contributed by atoms with E-state index in [0.717, 1.165) is 32.7 Å². The van der Waals surface area contributed by atoms with Crippen LogP contribution >= 0.6 is 11.8 Å². The Morgan fingerprint density at radius 3 is 2.65 bits per heavy atom. The highest BCUT2D eigenvalue weighted by Crippen LogP contribution is 2.38. The second kappa shape index (κ2) is 5.86. The quantitative estimate of drug-likeness (QED) is 0.531. The maximum absolute atomic E-state index is 13.1. The summed E-state index contributed by atoms with van der Waals surface area (Å²) < 4.78 is 28.2. The molecule has 2 heterocycles. The second-order valence-corrected chi connectivity index (χ2v) is 9.53. The molecule has 130 valence electrons. The van der Waals surface area contributed by atoms with Crippen LogP contribution in [0.2, 0.25) is 0 Å². The number of para-hydroxylation sites is 2. The fraction of sp³-hybridized carbons (Fsp3) is 0.150. The Morgan fingerprint density at radius 1 is 1.00 bits per heavy atom. The first kappa shape index (κ1) is 15.9. The first-order chi connectivity index (χ1) is 12.6. The first-order valence-electron chi connectivity index (χ1n) is 8.43. The Labute approximate surface area is 155 Å². The third kappa shape index (κ3) is 2.52. The van der Waals surface area contributed by atoms with Gasteiger partial charge in [-0.2, -0.15) is 0 Å². The summed E-state index contributed by atoms with van der Waals surface area (Å²) in [6.45, 7) is 0. The lowest BCUT2D eigenvalue weighted by atomic mass is 10.1. The van der Waals surface area contributed by atoms with Gasteiger partial charge in [0.05, 0.1) is 27.7 Å². The number of thioether (sulfide) groups is 1. The molecule has 0 aliphatic carbocycles. The minimum Gasteiger partial charge on any atom is -0.314 e. The van der Waals surface area contributed by atoms with Gasteiger partial charge in [0, 0.05) is 5.75 Å². The van der Waals surface area contributed by atoms with E-state index in [1.165, 1.54) is 0 Å². The Balaban J connectivity index is 1.53. The van der Waals surface area contributed by atoms with Gasteiger partial charge < -0.3 is 4.57 Å². The maximum atomic E-state index is 13.1. The molecule has 6 heteroatoms. The molecule has 1 aromatic heterocycles. The van der Waals surface area contributed by atoms with Crippen molar-refractivity contribution in [1.29, 1.82) is 0 Å². The molecule has 0 radical (unpaired) electrons. The van der Waals surface area contributed by atoms with Gasteiger partial charge in [0.1, 0.15) is 0 Å². The van der Waals surface area contributed by atoms with Crippen LogP contribution < -0.4 is 0 Å². The van der Waals surface area contributed by atoms with E-state index in [4.69, 9.17) is 0 Å². The Morgan fingerprint density at radius 2 is 1.77 bits per heavy atom. The van der Waals surface area contributed by atoms with E-state index in [-0.39, 0.29) is 11.8 Å². The zero-order valence-corrected chi connectivity index (χ0v) is 15.5. The SMILES string of the molecule is O=S(=O)(C[C@@H]1CSc2nc3ccccc3n21)c1ccc2ccccc2c1. The van der Waals surface area contributed by atoms with Crippen molar-refractivity contribution in [1.82, 2.24) is 9.55 Å². The number of hydrogen-bond acceptors (Lipinski definition) is 4. The predicted molar refractivity (Wildman–Crippen MR) is 105 cm³/mol. The predicted octanol–water partition coefficient (Wildman–Crippen LogP) is 4.31. The fourth-order valence-electron chi connectivity index (χ4n) is 3.56. The summed E-state index contributed by atoms with van der Waals surface area (Å²) in [6, 6.07) is 21.0. The molecule has 4 nitrogen and oxygen atoms in total. The molecule has 0 unspecified atom stereocenters. The van der Waals surface area contributed by atoms with Crippen molar-refractivity contribution in [3.8, 4) is 0 Å². The van der Waals surface area contributed by atoms with Crippen molar-refractivity contribution in [3.05, 3.63) is 66.7 Å². The van der Waals surface area contributed by atoms with Gasteiger partial charge in [-0.25, -0.2) is 13.4 Å². The van der Waals surface area contributed by atoms with Gasteiger partial charge in [0.2, 0.25) is 0 Å². The van der Waals surface area contributed by atoms with E-state index < -0.39 is 9.84 Å². The smallest absolute Gasteiger partial charge is 0.180 e. The Kier molecular flexibility index (Phi) is 3.58. The second-order valence-electron chi connectivity index (χ2n) is 6.51. The number of fused-ring (bicyclic) bond motifs is 4. The third-order valence-corrected chi connectivity index (χ3v) is 7.72. The average molecular weight is 380 g/mol. The van der Waals surface area contributed by atoms with Crippen LogP contribution in [-0.2, 0) is 9.84 Å². The molecule has 0 fully saturated rings. The van der Waals surface area contributed by atoms with E-state index >= 15 is 0 Å². The summed E-state index contributed by atoms with van der Waals surface area (Å²) in [5.74, 6) is 0.825. The van der Waals surface area contributed by atoms with Crippen LogP contribution in [0.25, 0.3) is 21.8 Å². The molecule has 1 aliphatic heterocycles. The molecule has 0 bridgehead atoms. The van der Waals surface area contributed by atoms with Crippen molar-refractivity contribution < 1.29 is 8.42 Å². The van der Waals surface area contributed by atoms with Crippen molar-refractivity contribution in [2.75, 3.05) is 11.5 Å². The molecular formula is C20H16N2O2S2. The van der Waals surface area contributed by atoms with Crippen molar-refractivity contribution in [2.24, 2.45) is 0 Å². The number of benzene rings is 3. The summed E-state index contributed by atoms with van der Waals surface area (Å²) in [6.07, 6.45) is 0. The fourth-order valence-corrected chi connectivity index (χ4v) is 6.41. The Bertz CT molecular complexity index is 1250. The van der Waals surface area contributed by atoms with E-state index in [1.54, 1.807) is 23.9 Å². The van der Waals surface area contributed by atoms with Crippen LogP contribution in [0.5, 0.6) is 0 Å². The molecule has 1 atom stereocenters. The maximum Gasteiger partial charge on any atom is 0.180 e. The molecule has 0 saturated carbocycles. The molecule has 26 heavy (non-hydrogen) atoms. The van der Waals surface area contributed by atoms with Crippen LogP contribution in [-0.4, -0.2) is 29.5 Å². The summed E-state index contributed by atoms with van der Waals surface area (Å²) in [7, 11) is -3.39. The standard InChI is InChI=1S/C20H16N2O2S2/c23-26(24,17-10-9-14-5-1-2-6-15(14)11-17)13-16-12-25-20-21-18-7-3-4-8-19(18)22(16)20/h1-11,16H,12-13H2/t16-/m0/s1. The molecular weight excluding hydrogens is 364 g/mol. The largest absolute Gasteiger partial charge is 0.314 e. The van der Waals surface area contributed by atoms with Gasteiger partial charge in [-0.15, -0.1) is 0 Å². The highest BCUT2D eigenvalue weighted by molar-refractivity contribution is 7.99. The minimum absolute atomic E-state index is 0.0890. The lowest BCUT2D eigenvalue weighted by molar-refractivity contribution is 0.559. The number of aromatic nitrogens is 2. The Hall–Kier alpha value is -2.31. The van der Waals surface area contributed by atoms with E-state index in [9.17, 15) is 8.42 Å². The average Bonchev–Trinajstić information content (AvgIpc) is 3.21. The van der Waals surface area contributed by atoms with Crippen LogP contribution in [0.4, 0.5) is 0 Å². The number of imidazole rings is 1. The van der Waals surface area contributed by atoms with Crippen LogP contribution in [0.15, 0.2) is 76.8 Å². The normalized spacial score (nSPS) is 17.0. The van der Waals surface area contributed by atoms with Crippen LogP contribution in [0, 0.1) is 0 Å². The molecule has 1 aliphatic rings. The topological polar surface area (TPSA) is 52.0 Å². The van der Waals surface area contributed by atoms with Crippen LogP contribution in [0.3, 0.4) is 0 Å². The lowest BCUT2D eigenvalue weighted by Gasteiger charge is -2.14. The summed E-state index contributed by atoms with van der Waals surface area (Å²) in [5.41, 5.74) is 1.93. The van der Waals surface area contributed by atoms with Gasteiger partial charge in [-0.05, 0) is 35.0 Å². The van der Waals surface area contributed by atoms with Gasteiger partial charge in [-0.3, -0.25) is 0 Å². The molecule has 4 aromatic rings. The minimum atomic E-state index is -3.39. The molecule has 5 rings (SSSR count). The van der Waals surface area contributed by atoms with Crippen molar-refractivity contribution >= 4 is 43.4 Å². The van der Waals surface area contributed by atoms with Gasteiger partial charge in [0.25, 0.3) is 0 Å². The molecule has 0 N–H and O–H groups in total. The summed E-state index contributed by atoms with van der Waals surface area (Å²) in [4.78, 5) is 5.01. The van der Waals surface area contributed by atoms with Crippen molar-refractivity contribution in [2.45, 2.75) is 16.1 Å².